The van der Waals surface area contributed by atoms with Crippen molar-refractivity contribution in [1.82, 2.24) is 9.71 Å². The van der Waals surface area contributed by atoms with Gasteiger partial charge in [0.2, 0.25) is 0 Å². The molecule has 1 amide bonds. The number of H-pyrrole nitrogens is 1. The molecule has 0 aliphatic rings. The first-order valence-corrected chi connectivity index (χ1v) is 12.2. The first kappa shape index (κ1) is 22.7. The van der Waals surface area contributed by atoms with Gasteiger partial charge in [0.25, 0.3) is 5.91 Å². The largest absolute Gasteiger partial charge is 0.454 e. The number of fused-ring (bicyclic) bond motifs is 2. The lowest BCUT2D eigenvalue weighted by molar-refractivity contribution is 0.0985. The van der Waals surface area contributed by atoms with Crippen LogP contribution in [0.5, 0.6) is 0 Å². The number of hydrogen-bond donors (Lipinski definition) is 3. The van der Waals surface area contributed by atoms with Crippen molar-refractivity contribution in [3.63, 3.8) is 0 Å². The van der Waals surface area contributed by atoms with Gasteiger partial charge in [0.05, 0.1) is 22.7 Å². The Kier molecular flexibility index (Phi) is 6.05. The summed E-state index contributed by atoms with van der Waals surface area (Å²) in [6.07, 6.45) is 1.77. The fraction of sp³-hybridized carbons (Fsp3) is 0.111. The molecule has 0 radical (unpaired) electrons. The molecule has 3 aromatic carbocycles. The van der Waals surface area contributed by atoms with Gasteiger partial charge in [-0.05, 0) is 43.3 Å². The van der Waals surface area contributed by atoms with E-state index in [2.05, 4.69) is 15.0 Å². The van der Waals surface area contributed by atoms with Gasteiger partial charge in [-0.3, -0.25) is 14.3 Å². The number of amides is 1. The van der Waals surface area contributed by atoms with E-state index >= 15 is 0 Å². The molecule has 0 spiro atoms. The molecule has 2 heterocycles. The van der Waals surface area contributed by atoms with Crippen molar-refractivity contribution in [2.24, 2.45) is 0 Å². The SMILES string of the molecule is CSNC(=O)c1ccccc1NC(C)c1cc(F)cc2c(=O)cc(-c3cc4ccccc4[nH]3)oc12. The van der Waals surface area contributed by atoms with Crippen molar-refractivity contribution in [1.29, 1.82) is 0 Å². The Bertz CT molecular complexity index is 1590. The van der Waals surface area contributed by atoms with Crippen molar-refractivity contribution in [3.05, 3.63) is 100.0 Å². The Hall–Kier alpha value is -4.04. The first-order valence-electron chi connectivity index (χ1n) is 11.0. The standard InChI is InChI=1S/C27H22FN3O3S/c1-15(29-22-10-6-4-8-18(22)27(33)31-35-2)19-12-17(28)13-20-24(32)14-25(34-26(19)20)23-11-16-7-3-5-9-21(16)30-23/h3-15,29-30H,1-2H3,(H,31,33). The minimum Gasteiger partial charge on any atom is -0.454 e. The van der Waals surface area contributed by atoms with Gasteiger partial charge in [-0.1, -0.05) is 42.3 Å². The quantitative estimate of drug-likeness (QED) is 0.246. The zero-order chi connectivity index (χ0) is 24.5. The van der Waals surface area contributed by atoms with Crippen molar-refractivity contribution >= 4 is 45.4 Å². The van der Waals surface area contributed by atoms with Crippen LogP contribution in [-0.2, 0) is 0 Å². The van der Waals surface area contributed by atoms with Gasteiger partial charge in [0.15, 0.2) is 11.2 Å². The zero-order valence-corrected chi connectivity index (χ0v) is 19.8. The lowest BCUT2D eigenvalue weighted by Crippen LogP contribution is -2.18. The Balaban J connectivity index is 1.60. The monoisotopic (exact) mass is 487 g/mol. The third-order valence-corrected chi connectivity index (χ3v) is 6.21. The van der Waals surface area contributed by atoms with Crippen molar-refractivity contribution in [2.45, 2.75) is 13.0 Å². The van der Waals surface area contributed by atoms with Crippen LogP contribution >= 0.6 is 11.9 Å². The van der Waals surface area contributed by atoms with E-state index in [0.29, 0.717) is 33.9 Å². The first-order chi connectivity index (χ1) is 16.9. The van der Waals surface area contributed by atoms with E-state index in [9.17, 15) is 14.0 Å². The summed E-state index contributed by atoms with van der Waals surface area (Å²) in [4.78, 5) is 28.7. The highest BCUT2D eigenvalue weighted by atomic mass is 32.2. The predicted octanol–water partition coefficient (Wildman–Crippen LogP) is 6.26. The van der Waals surface area contributed by atoms with Gasteiger partial charge in [0.1, 0.15) is 11.4 Å². The maximum absolute atomic E-state index is 14.6. The number of aromatic nitrogens is 1. The number of aromatic amines is 1. The number of hydrogen-bond acceptors (Lipinski definition) is 5. The van der Waals surface area contributed by atoms with E-state index in [1.54, 1.807) is 24.5 Å². The van der Waals surface area contributed by atoms with Gasteiger partial charge in [-0.25, -0.2) is 4.39 Å². The normalized spacial score (nSPS) is 12.1. The number of benzene rings is 3. The minimum absolute atomic E-state index is 0.155. The Morgan fingerprint density at radius 1 is 1.06 bits per heavy atom. The van der Waals surface area contributed by atoms with Crippen LogP contribution in [0, 0.1) is 5.82 Å². The van der Waals surface area contributed by atoms with Crippen LogP contribution in [0.1, 0.15) is 28.9 Å². The summed E-state index contributed by atoms with van der Waals surface area (Å²) in [5.74, 6) is -0.428. The van der Waals surface area contributed by atoms with Gasteiger partial charge in [-0.15, -0.1) is 0 Å². The van der Waals surface area contributed by atoms with Gasteiger partial charge >= 0.3 is 0 Å². The van der Waals surface area contributed by atoms with Crippen LogP contribution in [0.4, 0.5) is 10.1 Å². The molecular formula is C27H22FN3O3S. The predicted molar refractivity (Wildman–Crippen MR) is 139 cm³/mol. The lowest BCUT2D eigenvalue weighted by Gasteiger charge is -2.19. The fourth-order valence-corrected chi connectivity index (χ4v) is 4.47. The van der Waals surface area contributed by atoms with E-state index in [1.807, 2.05) is 43.3 Å². The number of nitrogens with one attached hydrogen (secondary N) is 3. The minimum atomic E-state index is -0.541. The van der Waals surface area contributed by atoms with Crippen molar-refractivity contribution in [2.75, 3.05) is 11.6 Å². The van der Waals surface area contributed by atoms with Crippen LogP contribution in [0.15, 0.2) is 82.0 Å². The third kappa shape index (κ3) is 4.40. The van der Waals surface area contributed by atoms with Crippen molar-refractivity contribution < 1.29 is 13.6 Å². The molecule has 0 bridgehead atoms. The average molecular weight is 488 g/mol. The molecule has 5 aromatic rings. The fourth-order valence-electron chi connectivity index (χ4n) is 4.17. The van der Waals surface area contributed by atoms with E-state index in [-0.39, 0.29) is 16.7 Å². The summed E-state index contributed by atoms with van der Waals surface area (Å²) in [5.41, 5.74) is 3.02. The number of rotatable bonds is 6. The highest BCUT2D eigenvalue weighted by molar-refractivity contribution is 7.97. The summed E-state index contributed by atoms with van der Waals surface area (Å²) < 4.78 is 23.5. The molecule has 176 valence electrons. The maximum atomic E-state index is 14.6. The second-order valence-electron chi connectivity index (χ2n) is 8.16. The van der Waals surface area contributed by atoms with Crippen LogP contribution in [0.2, 0.25) is 0 Å². The van der Waals surface area contributed by atoms with Gasteiger partial charge < -0.3 is 14.7 Å². The molecule has 5 rings (SSSR count). The lowest BCUT2D eigenvalue weighted by atomic mass is 10.0. The summed E-state index contributed by atoms with van der Waals surface area (Å²) >= 11 is 1.21. The molecular weight excluding hydrogens is 465 g/mol. The Morgan fingerprint density at radius 3 is 2.63 bits per heavy atom. The highest BCUT2D eigenvalue weighted by Crippen LogP contribution is 2.32. The highest BCUT2D eigenvalue weighted by Gasteiger charge is 2.19. The second kappa shape index (κ2) is 9.31. The molecule has 0 fully saturated rings. The van der Waals surface area contributed by atoms with Gasteiger partial charge in [0, 0.05) is 34.5 Å². The molecule has 0 saturated carbocycles. The number of anilines is 1. The zero-order valence-electron chi connectivity index (χ0n) is 19.0. The number of para-hydroxylation sites is 2. The van der Waals surface area contributed by atoms with Crippen LogP contribution in [0.25, 0.3) is 33.3 Å². The summed E-state index contributed by atoms with van der Waals surface area (Å²) in [6.45, 7) is 1.83. The Labute approximate surface area is 204 Å². The average Bonchev–Trinajstić information content (AvgIpc) is 3.29. The smallest absolute Gasteiger partial charge is 0.263 e. The number of carbonyl (C=O) groups is 1. The summed E-state index contributed by atoms with van der Waals surface area (Å²) in [5, 5.41) is 4.42. The van der Waals surface area contributed by atoms with Crippen LogP contribution in [-0.4, -0.2) is 17.1 Å². The second-order valence-corrected chi connectivity index (χ2v) is 8.78. The molecule has 2 aromatic heterocycles. The molecule has 0 saturated heterocycles. The number of halogens is 1. The van der Waals surface area contributed by atoms with E-state index in [4.69, 9.17) is 4.42 Å². The van der Waals surface area contributed by atoms with Crippen LogP contribution in [0.3, 0.4) is 0 Å². The molecule has 0 aliphatic heterocycles. The van der Waals surface area contributed by atoms with E-state index < -0.39 is 11.9 Å². The Morgan fingerprint density at radius 2 is 1.83 bits per heavy atom. The van der Waals surface area contributed by atoms with Gasteiger partial charge in [-0.2, -0.15) is 0 Å². The summed E-state index contributed by atoms with van der Waals surface area (Å²) in [7, 11) is 0. The molecule has 3 N–H and O–H groups in total. The topological polar surface area (TPSA) is 87.1 Å². The third-order valence-electron chi connectivity index (χ3n) is 5.82. The van der Waals surface area contributed by atoms with E-state index in [1.165, 1.54) is 30.1 Å². The number of carbonyl (C=O) groups excluding carboxylic acids is 1. The molecule has 0 aliphatic carbocycles. The van der Waals surface area contributed by atoms with Crippen molar-refractivity contribution in [3.8, 4) is 11.5 Å². The van der Waals surface area contributed by atoms with E-state index in [0.717, 1.165) is 10.9 Å². The molecule has 35 heavy (non-hydrogen) atoms. The molecule has 1 unspecified atom stereocenters. The summed E-state index contributed by atoms with van der Waals surface area (Å²) in [6, 6.07) is 20.2. The van der Waals surface area contributed by atoms with Crippen LogP contribution < -0.4 is 15.5 Å². The molecule has 1 atom stereocenters. The maximum Gasteiger partial charge on any atom is 0.263 e. The molecule has 6 nitrogen and oxygen atoms in total. The molecule has 8 heteroatoms.